The van der Waals surface area contributed by atoms with Gasteiger partial charge in [-0.2, -0.15) is 0 Å². The second kappa shape index (κ2) is 14.2. The fraction of sp³-hybridized carbons (Fsp3) is 0.375. The molecule has 1 atom stereocenters. The van der Waals surface area contributed by atoms with Gasteiger partial charge in [0, 0.05) is 12.6 Å². The molecule has 3 aromatic rings. The Kier molecular flexibility index (Phi) is 10.4. The average molecular weight is 578 g/mol. The Balaban J connectivity index is 1.69. The Bertz CT molecular complexity index is 1380. The van der Waals surface area contributed by atoms with E-state index >= 15 is 0 Å². The van der Waals surface area contributed by atoms with E-state index in [0.717, 1.165) is 35.6 Å². The maximum absolute atomic E-state index is 14.1. The zero-order chi connectivity index (χ0) is 29.2. The summed E-state index contributed by atoms with van der Waals surface area (Å²) in [6.45, 7) is 3.92. The summed E-state index contributed by atoms with van der Waals surface area (Å²) < 4.78 is 34.5. The van der Waals surface area contributed by atoms with Crippen LogP contribution in [0, 0.1) is 0 Å². The molecule has 0 saturated heterocycles. The number of carbonyl (C=O) groups excluding carboxylic acids is 2. The summed E-state index contributed by atoms with van der Waals surface area (Å²) in [5.74, 6) is -0.0714. The van der Waals surface area contributed by atoms with E-state index in [1.807, 2.05) is 44.2 Å². The van der Waals surface area contributed by atoms with E-state index < -0.39 is 28.5 Å². The van der Waals surface area contributed by atoms with E-state index in [0.29, 0.717) is 24.5 Å². The van der Waals surface area contributed by atoms with Gasteiger partial charge in [-0.15, -0.1) is 0 Å². The number of rotatable bonds is 13. The van der Waals surface area contributed by atoms with Gasteiger partial charge < -0.3 is 15.0 Å². The molecule has 9 heteroatoms. The van der Waals surface area contributed by atoms with Gasteiger partial charge in [-0.3, -0.25) is 13.9 Å². The highest BCUT2D eigenvalue weighted by Gasteiger charge is 2.34. The van der Waals surface area contributed by atoms with Crippen molar-refractivity contribution in [1.29, 1.82) is 0 Å². The van der Waals surface area contributed by atoms with Gasteiger partial charge in [-0.05, 0) is 68.1 Å². The van der Waals surface area contributed by atoms with Crippen LogP contribution in [-0.2, 0) is 26.2 Å². The van der Waals surface area contributed by atoms with Crippen LogP contribution in [0.5, 0.6) is 5.75 Å². The van der Waals surface area contributed by atoms with Crippen LogP contribution < -0.4 is 14.4 Å². The maximum Gasteiger partial charge on any atom is 0.264 e. The lowest BCUT2D eigenvalue weighted by Gasteiger charge is -2.33. The standard InChI is InChI=1S/C32H39N3O5S/c1-3-30(32(37)33-26-15-11-12-16-26)34(23-25-13-7-5-8-14-25)31(36)24-35(27-19-21-28(22-20-27)40-4-2)41(38,39)29-17-9-6-10-18-29/h5-10,13-14,17-22,26,30H,3-4,11-12,15-16,23-24H2,1-2H3,(H,33,37)/t30-/m1/s1. The largest absolute Gasteiger partial charge is 0.494 e. The smallest absolute Gasteiger partial charge is 0.264 e. The van der Waals surface area contributed by atoms with Crippen LogP contribution in [0.4, 0.5) is 5.69 Å². The first-order chi connectivity index (χ1) is 19.8. The number of hydrogen-bond acceptors (Lipinski definition) is 5. The third-order valence-corrected chi connectivity index (χ3v) is 9.12. The average Bonchev–Trinajstić information content (AvgIpc) is 3.50. The van der Waals surface area contributed by atoms with Gasteiger partial charge >= 0.3 is 0 Å². The lowest BCUT2D eigenvalue weighted by molar-refractivity contribution is -0.140. The van der Waals surface area contributed by atoms with E-state index in [1.54, 1.807) is 42.5 Å². The molecule has 218 valence electrons. The summed E-state index contributed by atoms with van der Waals surface area (Å²) in [5.41, 5.74) is 1.18. The number of amides is 2. The van der Waals surface area contributed by atoms with Crippen molar-refractivity contribution >= 4 is 27.5 Å². The molecule has 1 saturated carbocycles. The van der Waals surface area contributed by atoms with Crippen LogP contribution in [0.1, 0.15) is 51.5 Å². The van der Waals surface area contributed by atoms with Gasteiger partial charge in [-0.1, -0.05) is 68.3 Å². The minimum Gasteiger partial charge on any atom is -0.494 e. The van der Waals surface area contributed by atoms with E-state index in [-0.39, 0.29) is 23.4 Å². The Morgan fingerprint density at radius 1 is 0.902 bits per heavy atom. The number of nitrogens with zero attached hydrogens (tertiary/aromatic N) is 2. The number of sulfonamides is 1. The molecule has 0 radical (unpaired) electrons. The van der Waals surface area contributed by atoms with Crippen molar-refractivity contribution in [2.24, 2.45) is 0 Å². The predicted octanol–water partition coefficient (Wildman–Crippen LogP) is 5.15. The minimum atomic E-state index is -4.11. The Hall–Kier alpha value is -3.85. The van der Waals surface area contributed by atoms with Crippen LogP contribution in [0.15, 0.2) is 89.8 Å². The van der Waals surface area contributed by atoms with Gasteiger partial charge in [0.25, 0.3) is 10.0 Å². The Morgan fingerprint density at radius 2 is 1.51 bits per heavy atom. The van der Waals surface area contributed by atoms with Gasteiger partial charge in [-0.25, -0.2) is 8.42 Å². The summed E-state index contributed by atoms with van der Waals surface area (Å²) in [6.07, 6.45) is 4.39. The zero-order valence-electron chi connectivity index (χ0n) is 23.7. The first-order valence-electron chi connectivity index (χ1n) is 14.3. The van der Waals surface area contributed by atoms with Gasteiger partial charge in [0.05, 0.1) is 17.2 Å². The molecule has 0 heterocycles. The summed E-state index contributed by atoms with van der Waals surface area (Å²) in [5, 5.41) is 3.13. The van der Waals surface area contributed by atoms with Crippen LogP contribution in [0.3, 0.4) is 0 Å². The SMILES string of the molecule is CCOc1ccc(N(CC(=O)N(Cc2ccccc2)[C@H](CC)C(=O)NC2CCCC2)S(=O)(=O)c2ccccc2)cc1. The van der Waals surface area contributed by atoms with Gasteiger partial charge in [0.2, 0.25) is 11.8 Å². The van der Waals surface area contributed by atoms with Gasteiger partial charge in [0.1, 0.15) is 18.3 Å². The fourth-order valence-corrected chi connectivity index (χ4v) is 6.63. The van der Waals surface area contributed by atoms with Crippen molar-refractivity contribution in [3.63, 3.8) is 0 Å². The van der Waals surface area contributed by atoms with E-state index in [1.165, 1.54) is 17.0 Å². The number of nitrogens with one attached hydrogen (secondary N) is 1. The number of carbonyl (C=O) groups is 2. The molecule has 0 aromatic heterocycles. The highest BCUT2D eigenvalue weighted by atomic mass is 32.2. The van der Waals surface area contributed by atoms with Crippen molar-refractivity contribution < 1.29 is 22.7 Å². The molecule has 1 fully saturated rings. The van der Waals surface area contributed by atoms with Crippen molar-refractivity contribution in [3.05, 3.63) is 90.5 Å². The summed E-state index contributed by atoms with van der Waals surface area (Å²) >= 11 is 0. The lowest BCUT2D eigenvalue weighted by atomic mass is 10.1. The molecular weight excluding hydrogens is 538 g/mol. The molecular formula is C32H39N3O5S. The molecule has 41 heavy (non-hydrogen) atoms. The maximum atomic E-state index is 14.1. The summed E-state index contributed by atoms with van der Waals surface area (Å²) in [7, 11) is -4.11. The molecule has 3 aromatic carbocycles. The first kappa shape index (κ1) is 30.1. The number of anilines is 1. The Labute approximate surface area is 243 Å². The number of hydrogen-bond donors (Lipinski definition) is 1. The van der Waals surface area contributed by atoms with Crippen LogP contribution in [-0.4, -0.2) is 50.4 Å². The molecule has 0 bridgehead atoms. The van der Waals surface area contributed by atoms with Crippen LogP contribution >= 0.6 is 0 Å². The first-order valence-corrected chi connectivity index (χ1v) is 15.7. The quantitative estimate of drug-likeness (QED) is 0.303. The number of ether oxygens (including phenoxy) is 1. The fourth-order valence-electron chi connectivity index (χ4n) is 5.19. The molecule has 1 aliphatic carbocycles. The highest BCUT2D eigenvalue weighted by Crippen LogP contribution is 2.27. The monoisotopic (exact) mass is 577 g/mol. The topological polar surface area (TPSA) is 96.0 Å². The van der Waals surface area contributed by atoms with Gasteiger partial charge in [0.15, 0.2) is 0 Å². The predicted molar refractivity (Wildman–Crippen MR) is 160 cm³/mol. The van der Waals surface area contributed by atoms with Crippen LogP contribution in [0.25, 0.3) is 0 Å². The third kappa shape index (κ3) is 7.67. The molecule has 2 amide bonds. The molecule has 0 unspecified atom stereocenters. The summed E-state index contributed by atoms with van der Waals surface area (Å²) in [6, 6.07) is 23.5. The second-order valence-electron chi connectivity index (χ2n) is 10.2. The third-order valence-electron chi connectivity index (χ3n) is 7.33. The van der Waals surface area contributed by atoms with E-state index in [9.17, 15) is 18.0 Å². The molecule has 4 rings (SSSR count). The van der Waals surface area contributed by atoms with Crippen molar-refractivity contribution in [1.82, 2.24) is 10.2 Å². The summed E-state index contributed by atoms with van der Waals surface area (Å²) in [4.78, 5) is 29.2. The minimum absolute atomic E-state index is 0.0716. The Morgan fingerprint density at radius 3 is 2.10 bits per heavy atom. The lowest BCUT2D eigenvalue weighted by Crippen LogP contribution is -2.53. The molecule has 1 aliphatic rings. The van der Waals surface area contributed by atoms with Crippen molar-refractivity contribution in [2.75, 3.05) is 17.5 Å². The van der Waals surface area contributed by atoms with Crippen LogP contribution in [0.2, 0.25) is 0 Å². The van der Waals surface area contributed by atoms with Crippen molar-refractivity contribution in [3.8, 4) is 5.75 Å². The highest BCUT2D eigenvalue weighted by molar-refractivity contribution is 7.92. The molecule has 8 nitrogen and oxygen atoms in total. The zero-order valence-corrected chi connectivity index (χ0v) is 24.6. The van der Waals surface area contributed by atoms with E-state index in [4.69, 9.17) is 4.74 Å². The second-order valence-corrected chi connectivity index (χ2v) is 12.0. The normalized spacial score (nSPS) is 14.3. The van der Waals surface area contributed by atoms with E-state index in [2.05, 4.69) is 5.32 Å². The molecule has 0 spiro atoms. The van der Waals surface area contributed by atoms with Crippen molar-refractivity contribution in [2.45, 2.75) is 69.5 Å². The molecule has 0 aliphatic heterocycles. The number of benzene rings is 3. The molecule has 1 N–H and O–H groups in total.